The lowest BCUT2D eigenvalue weighted by atomic mass is 9.98. The lowest BCUT2D eigenvalue weighted by Crippen LogP contribution is -2.61. The second kappa shape index (κ2) is 30.4. The van der Waals surface area contributed by atoms with Crippen molar-refractivity contribution in [2.24, 2.45) is 44.6 Å². The number of rotatable bonds is 29. The number of nitrogens with one attached hydrogen (secondary N) is 6. The molecular weight excluding hydrogens is 881 g/mol. The molecule has 0 aliphatic carbocycles. The van der Waals surface area contributed by atoms with Gasteiger partial charge in [0.25, 0.3) is 0 Å². The van der Waals surface area contributed by atoms with Crippen molar-refractivity contribution in [3.63, 3.8) is 0 Å². The molecule has 1 aliphatic rings. The first kappa shape index (κ1) is 56.3. The number of aliphatic imine (C=N–C) groups is 2. The average molecular weight is 949 g/mol. The number of nitrogens with zero attached hydrogens (tertiary/aromatic N) is 3. The minimum absolute atomic E-state index is 0.00337. The second-order valence-electron chi connectivity index (χ2n) is 15.2. The molecule has 1 fully saturated rings. The fourth-order valence-electron chi connectivity index (χ4n) is 6.30. The van der Waals surface area contributed by atoms with Crippen LogP contribution in [0, 0.1) is 5.92 Å². The van der Waals surface area contributed by atoms with Gasteiger partial charge in [-0.15, -0.1) is 0 Å². The first-order valence-corrected chi connectivity index (χ1v) is 23.3. The summed E-state index contributed by atoms with van der Waals surface area (Å²) in [6.45, 7) is 3.43. The molecule has 0 unspecified atom stereocenters. The fraction of sp³-hybridized carbons (Fsp3) is 0.730. The minimum Gasteiger partial charge on any atom is -0.480 e. The zero-order chi connectivity index (χ0) is 47.6. The summed E-state index contributed by atoms with van der Waals surface area (Å²) in [5, 5.41) is 24.7. The molecule has 26 heteroatoms. The van der Waals surface area contributed by atoms with E-state index >= 15 is 0 Å². The zero-order valence-electron chi connectivity index (χ0n) is 36.2. The molecule has 7 atom stereocenters. The molecular formula is C37H68N14O9S3. The third-order valence-electron chi connectivity index (χ3n) is 9.58. The van der Waals surface area contributed by atoms with Crippen molar-refractivity contribution in [3.8, 4) is 0 Å². The van der Waals surface area contributed by atoms with E-state index in [1.54, 1.807) is 0 Å². The molecule has 358 valence electrons. The van der Waals surface area contributed by atoms with E-state index in [-0.39, 0.29) is 93.9 Å². The highest BCUT2D eigenvalue weighted by molar-refractivity contribution is 7.98. The Kier molecular flexibility index (Phi) is 27.2. The third kappa shape index (κ3) is 22.0. The number of likely N-dealkylation sites (tertiary alicyclic amines) is 1. The molecule has 1 aliphatic heterocycles. The summed E-state index contributed by atoms with van der Waals surface area (Å²) in [5.41, 5.74) is 27.7. The van der Waals surface area contributed by atoms with E-state index in [2.05, 4.69) is 67.1 Å². The zero-order valence-corrected chi connectivity index (χ0v) is 38.8. The Morgan fingerprint density at radius 1 is 0.730 bits per heavy atom. The number of thioether (sulfide) groups is 1. The molecule has 0 aromatic carbocycles. The number of thiol groups is 2. The van der Waals surface area contributed by atoms with Crippen LogP contribution in [0.1, 0.15) is 71.6 Å². The molecule has 23 nitrogen and oxygen atoms in total. The highest BCUT2D eigenvalue weighted by Gasteiger charge is 2.38. The van der Waals surface area contributed by atoms with Crippen molar-refractivity contribution < 1.29 is 43.5 Å². The normalized spacial score (nSPS) is 16.4. The van der Waals surface area contributed by atoms with Crippen LogP contribution in [0.5, 0.6) is 0 Å². The molecule has 1 saturated heterocycles. The Morgan fingerprint density at radius 2 is 1.29 bits per heavy atom. The molecule has 0 spiro atoms. The first-order valence-electron chi connectivity index (χ1n) is 20.6. The molecule has 1 heterocycles. The van der Waals surface area contributed by atoms with Gasteiger partial charge in [-0.1, -0.05) is 13.8 Å². The number of piperidine rings is 1. The standard InChI is InChI=1S/C37H68N14O9S3/c1-20(2)16-25(32(56)47-22(8-6-12-43-36(39)40)30(54)45-17-28(52)46-26(19-62)35(59)60)50-31(55)23(9-7-13-44-37(41)42)48-33(57)27-10-4-5-14-51(27)34(58)24(11-15-63-3)49-29(53)21(38)18-61/h20-27,61-62H,4-19,38H2,1-3H3,(H,45,54)(H,46,52)(H,47,56)(H,48,57)(H,49,53)(H,50,55)(H,59,60)(H4,39,40,43)(H4,41,42,44)/t21-,22+,23+,24+,25+,26+,27+/m1/s1. The maximum Gasteiger partial charge on any atom is 0.327 e. The van der Waals surface area contributed by atoms with Gasteiger partial charge in [0.05, 0.1) is 12.6 Å². The van der Waals surface area contributed by atoms with Crippen molar-refractivity contribution in [2.75, 3.05) is 49.7 Å². The van der Waals surface area contributed by atoms with Gasteiger partial charge in [-0.25, -0.2) is 4.79 Å². The summed E-state index contributed by atoms with van der Waals surface area (Å²) < 4.78 is 0. The Hall–Kier alpha value is -4.69. The third-order valence-corrected chi connectivity index (χ3v) is 11.0. The molecule has 17 N–H and O–H groups in total. The average Bonchev–Trinajstić information content (AvgIpc) is 3.23. The second-order valence-corrected chi connectivity index (χ2v) is 17.0. The van der Waals surface area contributed by atoms with Crippen LogP contribution in [0.4, 0.5) is 0 Å². The molecule has 0 radical (unpaired) electrons. The van der Waals surface area contributed by atoms with Crippen molar-refractivity contribution in [1.29, 1.82) is 0 Å². The first-order chi connectivity index (χ1) is 29.7. The Morgan fingerprint density at radius 3 is 1.81 bits per heavy atom. The van der Waals surface area contributed by atoms with E-state index in [4.69, 9.17) is 28.7 Å². The summed E-state index contributed by atoms with van der Waals surface area (Å²) in [6.07, 6.45) is 4.18. The van der Waals surface area contributed by atoms with E-state index in [0.717, 1.165) is 0 Å². The minimum atomic E-state index is -1.32. The number of nitrogens with two attached hydrogens (primary N) is 5. The van der Waals surface area contributed by atoms with Gasteiger partial charge in [-0.05, 0) is 75.7 Å². The van der Waals surface area contributed by atoms with Gasteiger partial charge in [-0.2, -0.15) is 37.0 Å². The van der Waals surface area contributed by atoms with Gasteiger partial charge >= 0.3 is 5.97 Å². The highest BCUT2D eigenvalue weighted by atomic mass is 32.2. The molecule has 63 heavy (non-hydrogen) atoms. The number of carboxylic acid groups (broad SMARTS) is 1. The van der Waals surface area contributed by atoms with Crippen LogP contribution in [0.2, 0.25) is 0 Å². The van der Waals surface area contributed by atoms with E-state index in [0.29, 0.717) is 18.6 Å². The quantitative estimate of drug-likeness (QED) is 0.0147. The van der Waals surface area contributed by atoms with Gasteiger partial charge in [-0.3, -0.25) is 43.5 Å². The Bertz CT molecular complexity index is 1600. The van der Waals surface area contributed by atoms with Crippen LogP contribution in [0.25, 0.3) is 0 Å². The van der Waals surface area contributed by atoms with Crippen molar-refractivity contribution in [2.45, 2.75) is 114 Å². The predicted molar refractivity (Wildman–Crippen MR) is 248 cm³/mol. The SMILES string of the molecule is CSCC[C@H](NC(=O)[C@H](N)CS)C(=O)N1CCCC[C@H]1C(=O)N[C@@H](CCCN=C(N)N)C(=O)N[C@@H](CC(C)C)C(=O)N[C@@H](CCCN=C(N)N)C(=O)NCC(=O)N[C@@H](CS)C(=O)O. The Balaban J connectivity index is 3.40. The van der Waals surface area contributed by atoms with Crippen LogP contribution < -0.4 is 60.6 Å². The summed E-state index contributed by atoms with van der Waals surface area (Å²) in [4.78, 5) is 115. The number of carbonyl (C=O) groups excluding carboxylic acids is 7. The number of aliphatic carboxylic acids is 1. The lowest BCUT2D eigenvalue weighted by Gasteiger charge is -2.38. The topological polar surface area (TPSA) is 387 Å². The number of carboxylic acids is 1. The van der Waals surface area contributed by atoms with E-state index in [1.165, 1.54) is 16.7 Å². The van der Waals surface area contributed by atoms with Gasteiger partial charge in [0.2, 0.25) is 41.4 Å². The predicted octanol–water partition coefficient (Wildman–Crippen LogP) is -3.91. The van der Waals surface area contributed by atoms with E-state index < -0.39 is 96.2 Å². The van der Waals surface area contributed by atoms with Crippen molar-refractivity contribution >= 4 is 96.3 Å². The van der Waals surface area contributed by atoms with Crippen LogP contribution in [-0.4, -0.2) is 161 Å². The number of amides is 7. The lowest BCUT2D eigenvalue weighted by molar-refractivity contribution is -0.146. The summed E-state index contributed by atoms with van der Waals surface area (Å²) in [7, 11) is 0. The van der Waals surface area contributed by atoms with Crippen LogP contribution in [0.15, 0.2) is 9.98 Å². The maximum absolute atomic E-state index is 14.1. The van der Waals surface area contributed by atoms with Crippen LogP contribution in [0.3, 0.4) is 0 Å². The largest absolute Gasteiger partial charge is 0.480 e. The number of carbonyl (C=O) groups is 8. The Labute approximate surface area is 383 Å². The van der Waals surface area contributed by atoms with E-state index in [9.17, 15) is 43.5 Å². The van der Waals surface area contributed by atoms with Gasteiger partial charge in [0, 0.05) is 31.1 Å². The van der Waals surface area contributed by atoms with Crippen molar-refractivity contribution in [3.05, 3.63) is 0 Å². The smallest absolute Gasteiger partial charge is 0.327 e. The van der Waals surface area contributed by atoms with Gasteiger partial charge in [0.1, 0.15) is 36.3 Å². The molecule has 0 saturated carbocycles. The highest BCUT2D eigenvalue weighted by Crippen LogP contribution is 2.20. The molecule has 1 rings (SSSR count). The molecule has 0 aromatic heterocycles. The molecule has 7 amide bonds. The van der Waals surface area contributed by atoms with Crippen molar-refractivity contribution in [1.82, 2.24) is 36.8 Å². The maximum atomic E-state index is 14.1. The van der Waals surface area contributed by atoms with E-state index in [1.807, 2.05) is 20.1 Å². The van der Waals surface area contributed by atoms with Gasteiger partial charge in [0.15, 0.2) is 11.9 Å². The number of hydrogen-bond donors (Lipinski definition) is 14. The molecule has 0 aromatic rings. The molecule has 0 bridgehead atoms. The number of hydrogen-bond acceptors (Lipinski definition) is 14. The summed E-state index contributed by atoms with van der Waals surface area (Å²) in [6, 6.07) is -7.93. The fourth-order valence-corrected chi connectivity index (χ4v) is 7.19. The van der Waals surface area contributed by atoms with Gasteiger partial charge < -0.3 is 70.6 Å². The van der Waals surface area contributed by atoms with Crippen LogP contribution in [-0.2, 0) is 38.4 Å². The number of guanidine groups is 2. The summed E-state index contributed by atoms with van der Waals surface area (Å²) in [5.74, 6) is -6.20. The monoisotopic (exact) mass is 948 g/mol. The van der Waals surface area contributed by atoms with Crippen LogP contribution >= 0.6 is 37.0 Å². The summed E-state index contributed by atoms with van der Waals surface area (Å²) >= 11 is 9.47.